The van der Waals surface area contributed by atoms with Crippen LogP contribution in [0.1, 0.15) is 18.5 Å². The molecule has 2 heterocycles. The lowest BCUT2D eigenvalue weighted by Gasteiger charge is -2.12. The van der Waals surface area contributed by atoms with Crippen molar-refractivity contribution in [2.45, 2.75) is 13.0 Å². The van der Waals surface area contributed by atoms with Crippen molar-refractivity contribution in [1.82, 2.24) is 19.9 Å². The summed E-state index contributed by atoms with van der Waals surface area (Å²) in [4.78, 5) is 4.42. The smallest absolute Gasteiger partial charge is 0.322 e. The van der Waals surface area contributed by atoms with Gasteiger partial charge in [-0.1, -0.05) is 29.4 Å². The van der Waals surface area contributed by atoms with E-state index in [4.69, 9.17) is 9.26 Å². The van der Waals surface area contributed by atoms with Crippen molar-refractivity contribution in [2.75, 3.05) is 12.4 Å². The third kappa shape index (κ3) is 3.67. The average Bonchev–Trinajstić information content (AvgIpc) is 3.40. The van der Waals surface area contributed by atoms with Crippen LogP contribution in [0.15, 0.2) is 71.5 Å². The Balaban J connectivity index is 1.47. The summed E-state index contributed by atoms with van der Waals surface area (Å²) in [6.45, 7) is 2.04. The third-order valence-electron chi connectivity index (χ3n) is 4.26. The number of methoxy groups -OCH3 is 1. The molecule has 4 rings (SSSR count). The molecule has 0 aliphatic carbocycles. The maximum absolute atomic E-state index is 5.34. The van der Waals surface area contributed by atoms with Crippen LogP contribution >= 0.6 is 0 Å². The fraction of sp³-hybridized carbons (Fsp3) is 0.150. The van der Waals surface area contributed by atoms with Crippen LogP contribution < -0.4 is 10.1 Å². The number of benzene rings is 2. The summed E-state index contributed by atoms with van der Waals surface area (Å²) in [6, 6.07) is 18.0. The Morgan fingerprint density at radius 1 is 1.11 bits per heavy atom. The van der Waals surface area contributed by atoms with E-state index in [1.165, 1.54) is 0 Å². The van der Waals surface area contributed by atoms with Gasteiger partial charge in [-0.05, 0) is 42.8 Å². The first-order valence-electron chi connectivity index (χ1n) is 8.57. The highest BCUT2D eigenvalue weighted by molar-refractivity contribution is 5.58. The lowest BCUT2D eigenvalue weighted by Crippen LogP contribution is -2.07. The molecule has 0 bridgehead atoms. The molecule has 0 amide bonds. The van der Waals surface area contributed by atoms with Gasteiger partial charge in [-0.3, -0.25) is 0 Å². The van der Waals surface area contributed by atoms with Gasteiger partial charge in [0.1, 0.15) is 5.75 Å². The normalized spacial score (nSPS) is 11.9. The first-order valence-corrected chi connectivity index (χ1v) is 8.57. The Hall–Kier alpha value is -3.61. The summed E-state index contributed by atoms with van der Waals surface area (Å²) in [7, 11) is 1.63. The highest BCUT2D eigenvalue weighted by Gasteiger charge is 2.13. The summed E-state index contributed by atoms with van der Waals surface area (Å²) < 4.78 is 12.4. The summed E-state index contributed by atoms with van der Waals surface area (Å²) in [5.41, 5.74) is 2.95. The van der Waals surface area contributed by atoms with Crippen molar-refractivity contribution in [3.8, 4) is 22.8 Å². The van der Waals surface area contributed by atoms with Crippen molar-refractivity contribution in [3.05, 3.63) is 72.6 Å². The molecular weight excluding hydrogens is 342 g/mol. The molecule has 0 aliphatic heterocycles. The number of ether oxygens (including phenoxy) is 1. The zero-order chi connectivity index (χ0) is 18.6. The number of anilines is 1. The largest absolute Gasteiger partial charge is 0.497 e. The van der Waals surface area contributed by atoms with Crippen LogP contribution in [0.4, 0.5) is 6.01 Å². The van der Waals surface area contributed by atoms with E-state index in [1.54, 1.807) is 13.3 Å². The standard InChI is InChI=1S/C20H19N5O2/c1-14(15-7-9-17(10-8-15)25-12-4-11-21-25)22-20-23-19(24-27-20)16-5-3-6-18(13-16)26-2/h3-14H,1-2H3,(H,22,23,24). The molecule has 0 saturated heterocycles. The molecular formula is C20H19N5O2. The molecule has 2 aromatic heterocycles. The van der Waals surface area contributed by atoms with Gasteiger partial charge in [0.25, 0.3) is 0 Å². The van der Waals surface area contributed by atoms with E-state index in [1.807, 2.05) is 72.4 Å². The minimum Gasteiger partial charge on any atom is -0.497 e. The summed E-state index contributed by atoms with van der Waals surface area (Å²) in [5, 5.41) is 11.5. The maximum Gasteiger partial charge on any atom is 0.322 e. The fourth-order valence-corrected chi connectivity index (χ4v) is 2.77. The zero-order valence-corrected chi connectivity index (χ0v) is 15.0. The minimum atomic E-state index is 0.00952. The van der Waals surface area contributed by atoms with Crippen LogP contribution in [0, 0.1) is 0 Å². The number of hydrogen-bond acceptors (Lipinski definition) is 6. The Bertz CT molecular complexity index is 1010. The lowest BCUT2D eigenvalue weighted by atomic mass is 10.1. The summed E-state index contributed by atoms with van der Waals surface area (Å²) >= 11 is 0. The van der Waals surface area contributed by atoms with Crippen LogP contribution in [-0.4, -0.2) is 27.0 Å². The van der Waals surface area contributed by atoms with Gasteiger partial charge in [0.05, 0.1) is 18.8 Å². The highest BCUT2D eigenvalue weighted by atomic mass is 16.5. The minimum absolute atomic E-state index is 0.00952. The number of rotatable bonds is 6. The molecule has 0 saturated carbocycles. The molecule has 0 fully saturated rings. The van der Waals surface area contributed by atoms with Crippen molar-refractivity contribution in [3.63, 3.8) is 0 Å². The maximum atomic E-state index is 5.34. The molecule has 4 aromatic rings. The van der Waals surface area contributed by atoms with Crippen LogP contribution in [0.3, 0.4) is 0 Å². The van der Waals surface area contributed by atoms with Crippen molar-refractivity contribution in [2.24, 2.45) is 0 Å². The monoisotopic (exact) mass is 361 g/mol. The second kappa shape index (κ2) is 7.33. The number of nitrogens with one attached hydrogen (secondary N) is 1. The van der Waals surface area contributed by atoms with Gasteiger partial charge in [0.2, 0.25) is 5.82 Å². The van der Waals surface area contributed by atoms with E-state index < -0.39 is 0 Å². The van der Waals surface area contributed by atoms with Gasteiger partial charge in [0, 0.05) is 18.0 Å². The molecule has 1 N–H and O–H groups in total. The van der Waals surface area contributed by atoms with E-state index >= 15 is 0 Å². The predicted molar refractivity (Wildman–Crippen MR) is 102 cm³/mol. The summed E-state index contributed by atoms with van der Waals surface area (Å²) in [5.74, 6) is 1.26. The van der Waals surface area contributed by atoms with E-state index in [0.717, 1.165) is 22.6 Å². The first-order chi connectivity index (χ1) is 13.2. The molecule has 2 aromatic carbocycles. The van der Waals surface area contributed by atoms with Crippen LogP contribution in [0.5, 0.6) is 5.75 Å². The van der Waals surface area contributed by atoms with E-state index in [9.17, 15) is 0 Å². The Kier molecular flexibility index (Phi) is 4.57. The van der Waals surface area contributed by atoms with Gasteiger partial charge < -0.3 is 14.6 Å². The SMILES string of the molecule is COc1cccc(-c2noc(NC(C)c3ccc(-n4cccn4)cc3)n2)c1. The first kappa shape index (κ1) is 16.8. The van der Waals surface area contributed by atoms with Crippen molar-refractivity contribution >= 4 is 6.01 Å². The fourth-order valence-electron chi connectivity index (χ4n) is 2.77. The average molecular weight is 361 g/mol. The van der Waals surface area contributed by atoms with E-state index in [-0.39, 0.29) is 6.04 Å². The Labute approximate surface area is 156 Å². The molecule has 7 nitrogen and oxygen atoms in total. The van der Waals surface area contributed by atoms with Crippen LogP contribution in [-0.2, 0) is 0 Å². The predicted octanol–water partition coefficient (Wildman–Crippen LogP) is 4.10. The molecule has 0 spiro atoms. The van der Waals surface area contributed by atoms with Gasteiger partial charge in [-0.25, -0.2) is 4.68 Å². The van der Waals surface area contributed by atoms with Crippen LogP contribution in [0.25, 0.3) is 17.1 Å². The second-order valence-corrected chi connectivity index (χ2v) is 6.06. The van der Waals surface area contributed by atoms with Gasteiger partial charge >= 0.3 is 6.01 Å². The number of aromatic nitrogens is 4. The lowest BCUT2D eigenvalue weighted by molar-refractivity contribution is 0.414. The number of nitrogens with zero attached hydrogens (tertiary/aromatic N) is 4. The zero-order valence-electron chi connectivity index (χ0n) is 15.0. The highest BCUT2D eigenvalue weighted by Crippen LogP contribution is 2.24. The Morgan fingerprint density at radius 3 is 2.70 bits per heavy atom. The van der Waals surface area contributed by atoms with Crippen molar-refractivity contribution in [1.29, 1.82) is 0 Å². The van der Waals surface area contributed by atoms with E-state index in [0.29, 0.717) is 11.8 Å². The molecule has 27 heavy (non-hydrogen) atoms. The van der Waals surface area contributed by atoms with Gasteiger partial charge in [-0.15, -0.1) is 0 Å². The molecule has 1 atom stereocenters. The Morgan fingerprint density at radius 2 is 1.96 bits per heavy atom. The van der Waals surface area contributed by atoms with Gasteiger partial charge in [-0.2, -0.15) is 10.1 Å². The number of hydrogen-bond donors (Lipinski definition) is 1. The van der Waals surface area contributed by atoms with E-state index in [2.05, 4.69) is 20.6 Å². The topological polar surface area (TPSA) is 78.0 Å². The summed E-state index contributed by atoms with van der Waals surface area (Å²) in [6.07, 6.45) is 3.67. The molecule has 136 valence electrons. The molecule has 0 radical (unpaired) electrons. The van der Waals surface area contributed by atoms with Gasteiger partial charge in [0.15, 0.2) is 0 Å². The molecule has 7 heteroatoms. The molecule has 1 unspecified atom stereocenters. The molecule has 0 aliphatic rings. The quantitative estimate of drug-likeness (QED) is 0.557. The van der Waals surface area contributed by atoms with Crippen molar-refractivity contribution < 1.29 is 9.26 Å². The van der Waals surface area contributed by atoms with Crippen LogP contribution in [0.2, 0.25) is 0 Å². The third-order valence-corrected chi connectivity index (χ3v) is 4.26. The second-order valence-electron chi connectivity index (χ2n) is 6.06.